The van der Waals surface area contributed by atoms with Crippen LogP contribution in [0.3, 0.4) is 0 Å². The van der Waals surface area contributed by atoms with E-state index >= 15 is 0 Å². The van der Waals surface area contributed by atoms with Gasteiger partial charge in [-0.3, -0.25) is 0 Å². The van der Waals surface area contributed by atoms with E-state index in [0.717, 1.165) is 24.5 Å². The van der Waals surface area contributed by atoms with Crippen molar-refractivity contribution in [1.29, 1.82) is 0 Å². The molecule has 0 radical (unpaired) electrons. The predicted octanol–water partition coefficient (Wildman–Crippen LogP) is 2.44. The molecule has 1 N–H and O–H groups in total. The van der Waals surface area contributed by atoms with Gasteiger partial charge in [0.2, 0.25) is 15.9 Å². The van der Waals surface area contributed by atoms with Crippen LogP contribution in [-0.2, 0) is 10.0 Å². The molecular weight excluding hydrogens is 364 g/mol. The van der Waals surface area contributed by atoms with Crippen LogP contribution in [0.2, 0.25) is 0 Å². The second kappa shape index (κ2) is 8.67. The van der Waals surface area contributed by atoms with Crippen molar-refractivity contribution in [3.05, 3.63) is 41.7 Å². The van der Waals surface area contributed by atoms with E-state index in [1.54, 1.807) is 18.2 Å². The number of aryl methyl sites for hydroxylation is 2. The first-order chi connectivity index (χ1) is 12.9. The van der Waals surface area contributed by atoms with Crippen molar-refractivity contribution in [3.8, 4) is 5.88 Å². The predicted molar refractivity (Wildman–Crippen MR) is 105 cm³/mol. The van der Waals surface area contributed by atoms with Gasteiger partial charge in [0, 0.05) is 25.7 Å². The number of aromatic nitrogens is 2. The molecule has 1 saturated heterocycles. The Balaban J connectivity index is 1.56. The van der Waals surface area contributed by atoms with Gasteiger partial charge in [0.25, 0.3) is 0 Å². The Labute approximate surface area is 160 Å². The largest absolute Gasteiger partial charge is 0.476 e. The van der Waals surface area contributed by atoms with Gasteiger partial charge in [-0.25, -0.2) is 18.1 Å². The zero-order chi connectivity index (χ0) is 19.3. The average molecular weight is 391 g/mol. The van der Waals surface area contributed by atoms with Gasteiger partial charge in [-0.2, -0.15) is 4.98 Å². The Hall–Kier alpha value is -2.19. The minimum Gasteiger partial charge on any atom is -0.476 e. The lowest BCUT2D eigenvalue weighted by atomic mass is 10.1. The van der Waals surface area contributed by atoms with Crippen LogP contribution >= 0.6 is 0 Å². The summed E-state index contributed by atoms with van der Waals surface area (Å²) in [5.41, 5.74) is 0.899. The Morgan fingerprint density at radius 1 is 1.11 bits per heavy atom. The average Bonchev–Trinajstić information content (AvgIpc) is 2.66. The molecule has 0 amide bonds. The van der Waals surface area contributed by atoms with E-state index in [9.17, 15) is 8.42 Å². The van der Waals surface area contributed by atoms with Gasteiger partial charge in [-0.15, -0.1) is 0 Å². The molecule has 1 fully saturated rings. The van der Waals surface area contributed by atoms with Crippen molar-refractivity contribution in [1.82, 2.24) is 14.7 Å². The number of rotatable bonds is 7. The SMILES string of the molecule is Cc1cccc(S(=O)(=O)NCCOc2cc(N3CCCCC3)nc(C)n2)c1. The number of anilines is 1. The summed E-state index contributed by atoms with van der Waals surface area (Å²) in [6.07, 6.45) is 3.59. The molecule has 0 spiro atoms. The van der Waals surface area contributed by atoms with Crippen molar-refractivity contribution in [2.24, 2.45) is 0 Å². The van der Waals surface area contributed by atoms with Gasteiger partial charge < -0.3 is 9.64 Å². The lowest BCUT2D eigenvalue weighted by Gasteiger charge is -2.28. The molecule has 146 valence electrons. The van der Waals surface area contributed by atoms with Crippen LogP contribution in [0, 0.1) is 13.8 Å². The number of ether oxygens (including phenoxy) is 1. The zero-order valence-corrected chi connectivity index (χ0v) is 16.6. The maximum absolute atomic E-state index is 12.3. The monoisotopic (exact) mass is 390 g/mol. The van der Waals surface area contributed by atoms with Gasteiger partial charge in [0.05, 0.1) is 4.90 Å². The first kappa shape index (κ1) is 19.6. The van der Waals surface area contributed by atoms with Crippen molar-refractivity contribution in [2.45, 2.75) is 38.0 Å². The standard InChI is InChI=1S/C19H26N4O3S/c1-15-7-6-8-17(13-15)27(24,25)20-9-12-26-19-14-18(21-16(2)22-19)23-10-4-3-5-11-23/h6-8,13-14,20H,3-5,9-12H2,1-2H3. The normalized spacial score (nSPS) is 15.0. The molecule has 0 unspecified atom stereocenters. The fourth-order valence-electron chi connectivity index (χ4n) is 3.08. The fraction of sp³-hybridized carbons (Fsp3) is 0.474. The van der Waals surface area contributed by atoms with E-state index in [0.29, 0.717) is 11.7 Å². The Bertz CT molecular complexity index is 880. The van der Waals surface area contributed by atoms with Crippen LogP contribution in [0.4, 0.5) is 5.82 Å². The third-order valence-electron chi connectivity index (χ3n) is 4.42. The lowest BCUT2D eigenvalue weighted by molar-refractivity contribution is 0.309. The summed E-state index contributed by atoms with van der Waals surface area (Å²) >= 11 is 0. The molecule has 1 aliphatic rings. The van der Waals surface area contributed by atoms with Crippen LogP contribution in [0.25, 0.3) is 0 Å². The third-order valence-corrected chi connectivity index (χ3v) is 5.88. The van der Waals surface area contributed by atoms with Crippen molar-refractivity contribution >= 4 is 15.8 Å². The zero-order valence-electron chi connectivity index (χ0n) is 15.8. The molecule has 1 aromatic heterocycles. The summed E-state index contributed by atoms with van der Waals surface area (Å²) in [7, 11) is -3.54. The van der Waals surface area contributed by atoms with Crippen molar-refractivity contribution in [2.75, 3.05) is 31.1 Å². The molecular formula is C19H26N4O3S. The second-order valence-corrected chi connectivity index (χ2v) is 8.49. The van der Waals surface area contributed by atoms with E-state index in [1.165, 1.54) is 19.3 Å². The molecule has 8 heteroatoms. The number of piperidine rings is 1. The van der Waals surface area contributed by atoms with E-state index < -0.39 is 10.0 Å². The second-order valence-electron chi connectivity index (χ2n) is 6.72. The maximum atomic E-state index is 12.3. The molecule has 3 rings (SSSR count). The van der Waals surface area contributed by atoms with E-state index in [-0.39, 0.29) is 18.0 Å². The lowest BCUT2D eigenvalue weighted by Crippen LogP contribution is -2.30. The highest BCUT2D eigenvalue weighted by molar-refractivity contribution is 7.89. The smallest absolute Gasteiger partial charge is 0.240 e. The minimum absolute atomic E-state index is 0.165. The van der Waals surface area contributed by atoms with Crippen LogP contribution < -0.4 is 14.4 Å². The van der Waals surface area contributed by atoms with E-state index in [1.807, 2.05) is 26.0 Å². The molecule has 0 bridgehead atoms. The van der Waals surface area contributed by atoms with Gasteiger partial charge in [-0.05, 0) is 50.8 Å². The number of sulfonamides is 1. The number of hydrogen-bond donors (Lipinski definition) is 1. The first-order valence-corrected chi connectivity index (χ1v) is 10.7. The topological polar surface area (TPSA) is 84.4 Å². The summed E-state index contributed by atoms with van der Waals surface area (Å²) in [5.74, 6) is 1.99. The Morgan fingerprint density at radius 2 is 1.89 bits per heavy atom. The van der Waals surface area contributed by atoms with Gasteiger partial charge in [0.15, 0.2) is 0 Å². The molecule has 7 nitrogen and oxygen atoms in total. The molecule has 0 saturated carbocycles. The highest BCUT2D eigenvalue weighted by Crippen LogP contribution is 2.21. The fourth-order valence-corrected chi connectivity index (χ4v) is 4.20. The number of benzene rings is 1. The Kier molecular flexibility index (Phi) is 6.28. The van der Waals surface area contributed by atoms with Gasteiger partial charge in [0.1, 0.15) is 18.2 Å². The molecule has 0 atom stereocenters. The van der Waals surface area contributed by atoms with E-state index in [4.69, 9.17) is 4.74 Å². The highest BCUT2D eigenvalue weighted by atomic mass is 32.2. The molecule has 1 aromatic carbocycles. The minimum atomic E-state index is -3.54. The van der Waals surface area contributed by atoms with Crippen LogP contribution in [0.1, 0.15) is 30.7 Å². The van der Waals surface area contributed by atoms with Crippen molar-refractivity contribution in [3.63, 3.8) is 0 Å². The summed E-state index contributed by atoms with van der Waals surface area (Å²) < 4.78 is 32.9. The van der Waals surface area contributed by atoms with Crippen LogP contribution in [-0.4, -0.2) is 44.6 Å². The van der Waals surface area contributed by atoms with E-state index in [2.05, 4.69) is 19.6 Å². The van der Waals surface area contributed by atoms with Gasteiger partial charge in [-0.1, -0.05) is 12.1 Å². The maximum Gasteiger partial charge on any atom is 0.240 e. The summed E-state index contributed by atoms with van der Waals surface area (Å²) in [6, 6.07) is 8.63. The molecule has 27 heavy (non-hydrogen) atoms. The number of nitrogens with zero attached hydrogens (tertiary/aromatic N) is 3. The number of hydrogen-bond acceptors (Lipinski definition) is 6. The summed E-state index contributed by atoms with van der Waals surface area (Å²) in [4.78, 5) is 11.3. The first-order valence-electron chi connectivity index (χ1n) is 9.24. The Morgan fingerprint density at radius 3 is 2.63 bits per heavy atom. The van der Waals surface area contributed by atoms with Gasteiger partial charge >= 0.3 is 0 Å². The highest BCUT2D eigenvalue weighted by Gasteiger charge is 2.15. The third kappa shape index (κ3) is 5.40. The molecule has 2 aromatic rings. The molecule has 1 aliphatic heterocycles. The van der Waals surface area contributed by atoms with Crippen molar-refractivity contribution < 1.29 is 13.2 Å². The number of nitrogens with one attached hydrogen (secondary N) is 1. The van der Waals surface area contributed by atoms with Crippen LogP contribution in [0.15, 0.2) is 35.2 Å². The molecule has 2 heterocycles. The van der Waals surface area contributed by atoms with Crippen LogP contribution in [0.5, 0.6) is 5.88 Å². The summed E-state index contributed by atoms with van der Waals surface area (Å²) in [5, 5.41) is 0. The molecule has 0 aliphatic carbocycles. The summed E-state index contributed by atoms with van der Waals surface area (Å²) in [6.45, 7) is 6.04. The quantitative estimate of drug-likeness (QED) is 0.731.